The highest BCUT2D eigenvalue weighted by molar-refractivity contribution is 5.85. The quantitative estimate of drug-likeness (QED) is 0.446. The Kier molecular flexibility index (Phi) is 7.41. The molecule has 9 heavy (non-hydrogen) atoms. The highest BCUT2D eigenvalue weighted by Crippen LogP contribution is 1.86. The van der Waals surface area contributed by atoms with E-state index in [-0.39, 0.29) is 12.4 Å². The van der Waals surface area contributed by atoms with Crippen LogP contribution in [0.5, 0.6) is 0 Å². The maximum atomic E-state index is 10.3. The van der Waals surface area contributed by atoms with Crippen LogP contribution in [-0.2, 0) is 14.4 Å². The minimum Gasteiger partial charge on any atom is -0.467 e. The third-order valence-corrected chi connectivity index (χ3v) is 0.737. The fourth-order valence-electron chi connectivity index (χ4n) is 0.222. The molecule has 0 aromatic rings. The first kappa shape index (κ1) is 11.5. The summed E-state index contributed by atoms with van der Waals surface area (Å²) in [5.41, 5.74) is 0. The summed E-state index contributed by atoms with van der Waals surface area (Å²) >= 11 is 0. The van der Waals surface area contributed by atoms with E-state index in [0.717, 1.165) is 0 Å². The lowest BCUT2D eigenvalue weighted by Crippen LogP contribution is -2.24. The van der Waals surface area contributed by atoms with Gasteiger partial charge in [0.25, 0.3) is 0 Å². The topological polar surface area (TPSA) is 61.5 Å². The largest absolute Gasteiger partial charge is 0.467 e. The molecule has 5 heteroatoms. The van der Waals surface area contributed by atoms with E-state index in [1.165, 1.54) is 14.0 Å². The van der Waals surface area contributed by atoms with Crippen molar-refractivity contribution in [3.8, 4) is 0 Å². The maximum absolute atomic E-state index is 10.3. The molecule has 2 N–H and O–H groups in total. The predicted molar refractivity (Wildman–Crippen MR) is 34.0 cm³/mol. The first-order valence-electron chi connectivity index (χ1n) is 2.15. The van der Waals surface area contributed by atoms with E-state index >= 15 is 0 Å². The van der Waals surface area contributed by atoms with Gasteiger partial charge in [-0.1, -0.05) is 0 Å². The number of halogens is 1. The van der Waals surface area contributed by atoms with Gasteiger partial charge in [0.15, 0.2) is 6.10 Å². The Morgan fingerprint density at radius 2 is 2.11 bits per heavy atom. The second kappa shape index (κ2) is 5.81. The molecule has 0 radical (unpaired) electrons. The molecule has 0 amide bonds. The fourth-order valence-corrected chi connectivity index (χ4v) is 0.222. The molecule has 0 saturated heterocycles. The van der Waals surface area contributed by atoms with Crippen LogP contribution in [0.15, 0.2) is 0 Å². The van der Waals surface area contributed by atoms with Crippen molar-refractivity contribution in [3.63, 3.8) is 0 Å². The summed E-state index contributed by atoms with van der Waals surface area (Å²) < 4.78 is 4.26. The Hall–Kier alpha value is -0.320. The molecule has 0 aromatic carbocycles. The summed E-state index contributed by atoms with van der Waals surface area (Å²) in [6.45, 7) is 1.51. The molecule has 0 saturated carbocycles. The first-order chi connectivity index (χ1) is 3.72. The molecule has 0 aromatic heterocycles. The SMILES string of the molecule is COC(=O)C(C)ON.Cl. The van der Waals surface area contributed by atoms with Gasteiger partial charge in [-0.15, -0.1) is 12.4 Å². The fraction of sp³-hybridized carbons (Fsp3) is 0.750. The van der Waals surface area contributed by atoms with Gasteiger partial charge >= 0.3 is 5.97 Å². The number of hydrogen-bond acceptors (Lipinski definition) is 4. The van der Waals surface area contributed by atoms with Crippen LogP contribution in [-0.4, -0.2) is 19.2 Å². The van der Waals surface area contributed by atoms with Gasteiger partial charge in [-0.3, -0.25) is 4.84 Å². The van der Waals surface area contributed by atoms with Crippen LogP contribution in [0.25, 0.3) is 0 Å². The molecule has 0 rings (SSSR count). The van der Waals surface area contributed by atoms with Crippen molar-refractivity contribution in [1.82, 2.24) is 0 Å². The molecule has 0 spiro atoms. The van der Waals surface area contributed by atoms with E-state index in [1.54, 1.807) is 0 Å². The zero-order valence-corrected chi connectivity index (χ0v) is 6.10. The number of methoxy groups -OCH3 is 1. The van der Waals surface area contributed by atoms with Crippen LogP contribution < -0.4 is 5.90 Å². The lowest BCUT2D eigenvalue weighted by Gasteiger charge is -2.03. The average molecular weight is 156 g/mol. The molecule has 0 aliphatic rings. The Morgan fingerprint density at radius 1 is 1.67 bits per heavy atom. The van der Waals surface area contributed by atoms with Crippen LogP contribution in [0.4, 0.5) is 0 Å². The van der Waals surface area contributed by atoms with Crippen molar-refractivity contribution < 1.29 is 14.4 Å². The zero-order valence-electron chi connectivity index (χ0n) is 5.29. The number of carbonyl (C=O) groups excluding carboxylic acids is 1. The third kappa shape index (κ3) is 4.20. The summed E-state index contributed by atoms with van der Waals surface area (Å²) in [6, 6.07) is 0. The average Bonchev–Trinajstić information content (AvgIpc) is 1.84. The van der Waals surface area contributed by atoms with Crippen LogP contribution >= 0.6 is 12.4 Å². The van der Waals surface area contributed by atoms with Crippen molar-refractivity contribution in [3.05, 3.63) is 0 Å². The summed E-state index contributed by atoms with van der Waals surface area (Å²) in [4.78, 5) is 14.4. The van der Waals surface area contributed by atoms with Crippen molar-refractivity contribution >= 4 is 18.4 Å². The normalized spacial score (nSPS) is 11.4. The van der Waals surface area contributed by atoms with Crippen molar-refractivity contribution in [2.24, 2.45) is 5.90 Å². The third-order valence-electron chi connectivity index (χ3n) is 0.737. The summed E-state index contributed by atoms with van der Waals surface area (Å²) in [5, 5.41) is 0. The van der Waals surface area contributed by atoms with E-state index in [2.05, 4.69) is 15.5 Å². The second-order valence-corrected chi connectivity index (χ2v) is 1.30. The molecule has 0 aliphatic heterocycles. The Labute approximate surface area is 59.7 Å². The molecule has 1 atom stereocenters. The highest BCUT2D eigenvalue weighted by Gasteiger charge is 2.10. The Balaban J connectivity index is 0. The van der Waals surface area contributed by atoms with Crippen molar-refractivity contribution in [1.29, 1.82) is 0 Å². The molecule has 1 unspecified atom stereocenters. The number of ether oxygens (including phenoxy) is 1. The van der Waals surface area contributed by atoms with E-state index in [9.17, 15) is 4.79 Å². The van der Waals surface area contributed by atoms with Crippen molar-refractivity contribution in [2.75, 3.05) is 7.11 Å². The molecule has 0 aliphatic carbocycles. The van der Waals surface area contributed by atoms with Crippen LogP contribution in [0.3, 0.4) is 0 Å². The van der Waals surface area contributed by atoms with Crippen LogP contribution in [0.1, 0.15) is 6.92 Å². The van der Waals surface area contributed by atoms with E-state index in [4.69, 9.17) is 0 Å². The van der Waals surface area contributed by atoms with Gasteiger partial charge < -0.3 is 4.74 Å². The van der Waals surface area contributed by atoms with E-state index in [1.807, 2.05) is 0 Å². The van der Waals surface area contributed by atoms with Gasteiger partial charge in [-0.2, -0.15) is 0 Å². The predicted octanol–water partition coefficient (Wildman–Crippen LogP) is -0.140. The Bertz CT molecular complexity index is 87.9. The Morgan fingerprint density at radius 3 is 2.22 bits per heavy atom. The minimum absolute atomic E-state index is 0. The lowest BCUT2D eigenvalue weighted by molar-refractivity contribution is -0.153. The van der Waals surface area contributed by atoms with Gasteiger partial charge in [0.05, 0.1) is 7.11 Å². The van der Waals surface area contributed by atoms with Gasteiger partial charge in [0, 0.05) is 0 Å². The molecule has 0 heterocycles. The second-order valence-electron chi connectivity index (χ2n) is 1.30. The maximum Gasteiger partial charge on any atom is 0.336 e. The monoisotopic (exact) mass is 155 g/mol. The number of rotatable bonds is 2. The lowest BCUT2D eigenvalue weighted by atomic mass is 10.4. The molecule has 4 nitrogen and oxygen atoms in total. The number of hydrogen-bond donors (Lipinski definition) is 1. The van der Waals surface area contributed by atoms with Gasteiger partial charge in [-0.25, -0.2) is 10.7 Å². The molecule has 0 bridgehead atoms. The van der Waals surface area contributed by atoms with E-state index in [0.29, 0.717) is 0 Å². The number of carbonyl (C=O) groups is 1. The van der Waals surface area contributed by atoms with Gasteiger partial charge in [0.1, 0.15) is 0 Å². The smallest absolute Gasteiger partial charge is 0.336 e. The summed E-state index contributed by atoms with van der Waals surface area (Å²) in [7, 11) is 1.28. The number of esters is 1. The van der Waals surface area contributed by atoms with Gasteiger partial charge in [0.2, 0.25) is 0 Å². The molecular formula is C4H10ClNO3. The molecule has 0 fully saturated rings. The highest BCUT2D eigenvalue weighted by atomic mass is 35.5. The summed E-state index contributed by atoms with van der Waals surface area (Å²) in [5.74, 6) is 4.18. The molecular weight excluding hydrogens is 146 g/mol. The minimum atomic E-state index is -0.667. The summed E-state index contributed by atoms with van der Waals surface area (Å²) in [6.07, 6.45) is -0.667. The molecule has 56 valence electrons. The number of nitrogens with two attached hydrogens (primary N) is 1. The zero-order chi connectivity index (χ0) is 6.57. The van der Waals surface area contributed by atoms with Crippen molar-refractivity contribution in [2.45, 2.75) is 13.0 Å². The van der Waals surface area contributed by atoms with Crippen LogP contribution in [0, 0.1) is 0 Å². The van der Waals surface area contributed by atoms with Crippen LogP contribution in [0.2, 0.25) is 0 Å². The first-order valence-corrected chi connectivity index (χ1v) is 2.15. The van der Waals surface area contributed by atoms with Gasteiger partial charge in [-0.05, 0) is 6.92 Å². The standard InChI is InChI=1S/C4H9NO3.ClH/c1-3(8-5)4(6)7-2;/h3H,5H2,1-2H3;1H. The van der Waals surface area contributed by atoms with E-state index < -0.39 is 12.1 Å².